The van der Waals surface area contributed by atoms with Gasteiger partial charge in [-0.05, 0) is 33.9 Å². The molecule has 0 aromatic carbocycles. The fourth-order valence-electron chi connectivity index (χ4n) is 1.87. The zero-order valence-corrected chi connectivity index (χ0v) is 12.0. The fraction of sp³-hybridized carbons (Fsp3) is 0.692. The van der Waals surface area contributed by atoms with Crippen LogP contribution in [-0.2, 0) is 0 Å². The Morgan fingerprint density at radius 1 is 1.17 bits per heavy atom. The van der Waals surface area contributed by atoms with Crippen molar-refractivity contribution >= 4 is 11.6 Å². The van der Waals surface area contributed by atoms with Gasteiger partial charge in [-0.15, -0.1) is 0 Å². The average molecular weight is 251 g/mol. The van der Waals surface area contributed by atoms with Crippen molar-refractivity contribution in [2.45, 2.75) is 20.3 Å². The minimum absolute atomic E-state index is 0.969. The summed E-state index contributed by atoms with van der Waals surface area (Å²) >= 11 is 0. The molecule has 0 saturated heterocycles. The highest BCUT2D eigenvalue weighted by molar-refractivity contribution is 5.49. The van der Waals surface area contributed by atoms with Gasteiger partial charge in [0.1, 0.15) is 18.0 Å². The predicted octanol–water partition coefficient (Wildman–Crippen LogP) is 1.37. The van der Waals surface area contributed by atoms with Gasteiger partial charge >= 0.3 is 0 Å². The van der Waals surface area contributed by atoms with Crippen molar-refractivity contribution in [2.75, 3.05) is 50.1 Å². The Morgan fingerprint density at radius 3 is 2.44 bits per heavy atom. The lowest BCUT2D eigenvalue weighted by Crippen LogP contribution is -2.26. The molecule has 0 aliphatic heterocycles. The van der Waals surface area contributed by atoms with Crippen molar-refractivity contribution in [2.24, 2.45) is 0 Å². The Balaban J connectivity index is 2.68. The summed E-state index contributed by atoms with van der Waals surface area (Å²) in [6, 6.07) is 2.06. The molecular weight excluding hydrogens is 226 g/mol. The molecule has 0 aliphatic carbocycles. The van der Waals surface area contributed by atoms with Gasteiger partial charge in [-0.2, -0.15) is 0 Å². The van der Waals surface area contributed by atoms with E-state index in [1.807, 2.05) is 7.05 Å². The Kier molecular flexibility index (Phi) is 6.43. The van der Waals surface area contributed by atoms with Crippen LogP contribution < -0.4 is 15.1 Å². The maximum atomic E-state index is 4.34. The maximum Gasteiger partial charge on any atom is 0.134 e. The normalized spacial score (nSPS) is 10.4. The summed E-state index contributed by atoms with van der Waals surface area (Å²) in [6.07, 6.45) is 2.76. The molecule has 0 bridgehead atoms. The first-order valence-electron chi connectivity index (χ1n) is 6.65. The monoisotopic (exact) mass is 251 g/mol. The van der Waals surface area contributed by atoms with Crippen LogP contribution in [0.3, 0.4) is 0 Å². The second kappa shape index (κ2) is 7.87. The van der Waals surface area contributed by atoms with Gasteiger partial charge in [-0.1, -0.05) is 0 Å². The first-order valence-corrected chi connectivity index (χ1v) is 6.65. The molecule has 1 aromatic heterocycles. The third-order valence-electron chi connectivity index (χ3n) is 3.04. The molecule has 102 valence electrons. The van der Waals surface area contributed by atoms with Crippen LogP contribution in [0, 0.1) is 0 Å². The lowest BCUT2D eigenvalue weighted by atomic mass is 10.3. The molecule has 5 heteroatoms. The maximum absolute atomic E-state index is 4.34. The molecule has 18 heavy (non-hydrogen) atoms. The van der Waals surface area contributed by atoms with E-state index in [4.69, 9.17) is 0 Å². The van der Waals surface area contributed by atoms with Crippen molar-refractivity contribution in [1.82, 2.24) is 15.3 Å². The van der Waals surface area contributed by atoms with Gasteiger partial charge in [-0.25, -0.2) is 9.97 Å². The summed E-state index contributed by atoms with van der Waals surface area (Å²) in [5.74, 6) is 1.99. The minimum atomic E-state index is 0.969. The molecule has 0 spiro atoms. The summed E-state index contributed by atoms with van der Waals surface area (Å²) in [6.45, 7) is 8.24. The van der Waals surface area contributed by atoms with Gasteiger partial charge in [-0.3, -0.25) is 0 Å². The zero-order valence-electron chi connectivity index (χ0n) is 12.0. The van der Waals surface area contributed by atoms with Gasteiger partial charge in [0.25, 0.3) is 0 Å². The number of rotatable bonds is 8. The number of aromatic nitrogens is 2. The second-order valence-electron chi connectivity index (χ2n) is 4.29. The van der Waals surface area contributed by atoms with E-state index in [1.165, 1.54) is 0 Å². The highest BCUT2D eigenvalue weighted by Gasteiger charge is 2.07. The predicted molar refractivity (Wildman–Crippen MR) is 77.4 cm³/mol. The molecular formula is C13H25N5. The molecule has 0 saturated carbocycles. The zero-order chi connectivity index (χ0) is 13.4. The molecule has 0 fully saturated rings. The van der Waals surface area contributed by atoms with Crippen LogP contribution in [0.1, 0.15) is 20.3 Å². The van der Waals surface area contributed by atoms with Crippen molar-refractivity contribution in [3.8, 4) is 0 Å². The Morgan fingerprint density at radius 2 is 1.83 bits per heavy atom. The van der Waals surface area contributed by atoms with Crippen LogP contribution in [0.15, 0.2) is 12.4 Å². The van der Waals surface area contributed by atoms with Crippen LogP contribution in [-0.4, -0.2) is 50.2 Å². The third-order valence-corrected chi connectivity index (χ3v) is 3.04. The van der Waals surface area contributed by atoms with Crippen molar-refractivity contribution in [3.63, 3.8) is 0 Å². The number of anilines is 2. The number of nitrogens with one attached hydrogen (secondary N) is 1. The topological polar surface area (TPSA) is 44.3 Å². The van der Waals surface area contributed by atoms with Crippen LogP contribution in [0.2, 0.25) is 0 Å². The smallest absolute Gasteiger partial charge is 0.134 e. The number of nitrogens with zero attached hydrogens (tertiary/aromatic N) is 4. The van der Waals surface area contributed by atoms with Crippen LogP contribution >= 0.6 is 0 Å². The molecule has 5 nitrogen and oxygen atoms in total. The van der Waals surface area contributed by atoms with E-state index in [9.17, 15) is 0 Å². The van der Waals surface area contributed by atoms with E-state index in [1.54, 1.807) is 6.33 Å². The molecule has 0 unspecified atom stereocenters. The third kappa shape index (κ3) is 4.14. The van der Waals surface area contributed by atoms with Crippen LogP contribution in [0.25, 0.3) is 0 Å². The number of hydrogen-bond acceptors (Lipinski definition) is 5. The molecule has 0 atom stereocenters. The van der Waals surface area contributed by atoms with Gasteiger partial charge < -0.3 is 15.1 Å². The summed E-state index contributed by atoms with van der Waals surface area (Å²) < 4.78 is 0. The van der Waals surface area contributed by atoms with E-state index >= 15 is 0 Å². The van der Waals surface area contributed by atoms with Crippen LogP contribution in [0.5, 0.6) is 0 Å². The summed E-state index contributed by atoms with van der Waals surface area (Å²) in [4.78, 5) is 13.1. The highest BCUT2D eigenvalue weighted by Crippen LogP contribution is 2.16. The number of hydrogen-bond donors (Lipinski definition) is 1. The standard InChI is InChI=1S/C13H25N5/c1-5-18(6-2)13-10-12(15-11-16-13)17(4)9-7-8-14-3/h10-11,14H,5-9H2,1-4H3. The lowest BCUT2D eigenvalue weighted by molar-refractivity contribution is 0.708. The van der Waals surface area contributed by atoms with E-state index in [0.717, 1.165) is 44.2 Å². The fourth-order valence-corrected chi connectivity index (χ4v) is 1.87. The second-order valence-corrected chi connectivity index (χ2v) is 4.29. The molecule has 1 aromatic rings. The van der Waals surface area contributed by atoms with Gasteiger partial charge in [0, 0.05) is 32.7 Å². The molecule has 1 N–H and O–H groups in total. The molecule has 0 aliphatic rings. The summed E-state index contributed by atoms with van der Waals surface area (Å²) in [5, 5.41) is 3.15. The first-order chi connectivity index (χ1) is 8.72. The largest absolute Gasteiger partial charge is 0.359 e. The van der Waals surface area contributed by atoms with Crippen LogP contribution in [0.4, 0.5) is 11.6 Å². The SMILES string of the molecule is CCN(CC)c1cc(N(C)CCCNC)ncn1. The van der Waals surface area contributed by atoms with E-state index in [0.29, 0.717) is 0 Å². The van der Waals surface area contributed by atoms with Crippen molar-refractivity contribution in [1.29, 1.82) is 0 Å². The summed E-state index contributed by atoms with van der Waals surface area (Å²) in [5.41, 5.74) is 0. The quantitative estimate of drug-likeness (QED) is 0.707. The van der Waals surface area contributed by atoms with E-state index in [-0.39, 0.29) is 0 Å². The molecule has 1 heterocycles. The highest BCUT2D eigenvalue weighted by atomic mass is 15.2. The van der Waals surface area contributed by atoms with Gasteiger partial charge in [0.05, 0.1) is 0 Å². The van der Waals surface area contributed by atoms with E-state index < -0.39 is 0 Å². The first kappa shape index (κ1) is 14.7. The minimum Gasteiger partial charge on any atom is -0.359 e. The Hall–Kier alpha value is -1.36. The van der Waals surface area contributed by atoms with E-state index in [2.05, 4.69) is 52.0 Å². The molecule has 1 rings (SSSR count). The Bertz CT molecular complexity index is 338. The van der Waals surface area contributed by atoms with Crippen molar-refractivity contribution in [3.05, 3.63) is 12.4 Å². The van der Waals surface area contributed by atoms with Crippen molar-refractivity contribution < 1.29 is 0 Å². The van der Waals surface area contributed by atoms with Gasteiger partial charge in [0.2, 0.25) is 0 Å². The Labute approximate surface area is 110 Å². The molecule has 0 radical (unpaired) electrons. The lowest BCUT2D eigenvalue weighted by Gasteiger charge is -2.22. The summed E-state index contributed by atoms with van der Waals surface area (Å²) in [7, 11) is 4.05. The van der Waals surface area contributed by atoms with Gasteiger partial charge in [0.15, 0.2) is 0 Å². The average Bonchev–Trinajstić information content (AvgIpc) is 2.41. The molecule has 0 amide bonds.